The van der Waals surface area contributed by atoms with Crippen molar-refractivity contribution in [1.82, 2.24) is 9.80 Å². The molecule has 3 nitrogen and oxygen atoms in total. The highest BCUT2D eigenvalue weighted by Crippen LogP contribution is 2.37. The van der Waals surface area contributed by atoms with Crippen molar-refractivity contribution in [3.8, 4) is 0 Å². The van der Waals surface area contributed by atoms with E-state index in [4.69, 9.17) is 0 Å². The average molecular weight is 252 g/mol. The first-order chi connectivity index (χ1) is 8.10. The van der Waals surface area contributed by atoms with Gasteiger partial charge in [0, 0.05) is 24.2 Å². The molecule has 2 saturated heterocycles. The van der Waals surface area contributed by atoms with Gasteiger partial charge in [-0.2, -0.15) is 0 Å². The Kier molecular flexibility index (Phi) is 3.25. The lowest BCUT2D eigenvalue weighted by molar-refractivity contribution is -0.136. The second-order valence-corrected chi connectivity index (χ2v) is 7.89. The van der Waals surface area contributed by atoms with Crippen molar-refractivity contribution in [3.63, 3.8) is 0 Å². The van der Waals surface area contributed by atoms with Gasteiger partial charge in [0.2, 0.25) is 5.91 Å². The van der Waals surface area contributed by atoms with Crippen LogP contribution in [0.5, 0.6) is 0 Å². The molecule has 2 aliphatic heterocycles. The fraction of sp³-hybridized carbons (Fsp3) is 0.933. The van der Waals surface area contributed by atoms with Crippen LogP contribution in [0.4, 0.5) is 0 Å². The molecule has 3 heteroatoms. The van der Waals surface area contributed by atoms with Crippen LogP contribution in [0.15, 0.2) is 0 Å². The third-order valence-corrected chi connectivity index (χ3v) is 4.51. The molecule has 2 rings (SSSR count). The van der Waals surface area contributed by atoms with Crippen LogP contribution >= 0.6 is 0 Å². The van der Waals surface area contributed by atoms with Crippen LogP contribution in [0.1, 0.15) is 48.0 Å². The molecule has 2 unspecified atom stereocenters. The number of piperidine rings is 1. The number of rotatable bonds is 0. The Hall–Kier alpha value is -0.570. The lowest BCUT2D eigenvalue weighted by Crippen LogP contribution is -2.50. The van der Waals surface area contributed by atoms with E-state index in [0.717, 1.165) is 19.6 Å². The van der Waals surface area contributed by atoms with Crippen molar-refractivity contribution in [2.75, 3.05) is 19.6 Å². The fourth-order valence-electron chi connectivity index (χ4n) is 3.24. The quantitative estimate of drug-likeness (QED) is 0.661. The molecule has 1 amide bonds. The molecule has 0 aromatic carbocycles. The molecule has 0 radical (unpaired) electrons. The summed E-state index contributed by atoms with van der Waals surface area (Å²) in [6, 6.07) is 0. The van der Waals surface area contributed by atoms with Crippen molar-refractivity contribution in [1.29, 1.82) is 0 Å². The number of hydrogen-bond donors (Lipinski definition) is 0. The highest BCUT2D eigenvalue weighted by Gasteiger charge is 2.47. The van der Waals surface area contributed by atoms with Gasteiger partial charge in [-0.25, -0.2) is 0 Å². The summed E-state index contributed by atoms with van der Waals surface area (Å²) in [7, 11) is 0. The Balaban J connectivity index is 2.12. The normalized spacial score (nSPS) is 30.8. The van der Waals surface area contributed by atoms with Gasteiger partial charge in [0.15, 0.2) is 0 Å². The molecule has 2 heterocycles. The second-order valence-electron chi connectivity index (χ2n) is 7.89. The van der Waals surface area contributed by atoms with E-state index in [0.29, 0.717) is 11.8 Å². The summed E-state index contributed by atoms with van der Waals surface area (Å²) in [5.74, 6) is 1.19. The fourth-order valence-corrected chi connectivity index (χ4v) is 3.24. The minimum Gasteiger partial charge on any atom is -0.337 e. The summed E-state index contributed by atoms with van der Waals surface area (Å²) in [5, 5.41) is 0. The van der Waals surface area contributed by atoms with Crippen molar-refractivity contribution in [3.05, 3.63) is 0 Å². The molecule has 0 bridgehead atoms. The Morgan fingerprint density at radius 1 is 1.00 bits per heavy atom. The van der Waals surface area contributed by atoms with Gasteiger partial charge < -0.3 is 4.90 Å². The van der Waals surface area contributed by atoms with Crippen LogP contribution in [-0.2, 0) is 4.79 Å². The van der Waals surface area contributed by atoms with E-state index < -0.39 is 0 Å². The zero-order chi connectivity index (χ0) is 13.7. The number of carbonyl (C=O) groups is 1. The standard InChI is InChI=1S/C15H28N2O/c1-14(2,3)16-8-7-11-9-17(15(4,5)6)13(18)12(11)10-16/h11-12H,7-10H2,1-6H3. The predicted molar refractivity (Wildman–Crippen MR) is 74.4 cm³/mol. The third-order valence-electron chi connectivity index (χ3n) is 4.51. The van der Waals surface area contributed by atoms with Gasteiger partial charge in [-0.3, -0.25) is 9.69 Å². The van der Waals surface area contributed by atoms with E-state index in [1.807, 2.05) is 0 Å². The van der Waals surface area contributed by atoms with Crippen LogP contribution in [0.25, 0.3) is 0 Å². The first kappa shape index (κ1) is 13.9. The molecular weight excluding hydrogens is 224 g/mol. The highest BCUT2D eigenvalue weighted by atomic mass is 16.2. The van der Waals surface area contributed by atoms with Crippen LogP contribution in [0, 0.1) is 11.8 Å². The maximum absolute atomic E-state index is 12.6. The number of hydrogen-bond acceptors (Lipinski definition) is 2. The van der Waals surface area contributed by atoms with E-state index in [2.05, 4.69) is 51.3 Å². The summed E-state index contributed by atoms with van der Waals surface area (Å²) in [6.07, 6.45) is 1.17. The molecule has 0 aromatic heterocycles. The van der Waals surface area contributed by atoms with Crippen molar-refractivity contribution in [2.45, 2.75) is 59.0 Å². The van der Waals surface area contributed by atoms with Gasteiger partial charge in [0.25, 0.3) is 0 Å². The van der Waals surface area contributed by atoms with Gasteiger partial charge in [-0.1, -0.05) is 0 Å². The third kappa shape index (κ3) is 2.42. The molecule has 2 fully saturated rings. The van der Waals surface area contributed by atoms with E-state index in [9.17, 15) is 4.79 Å². The Labute approximate surface area is 112 Å². The first-order valence-electron chi connectivity index (χ1n) is 7.17. The van der Waals surface area contributed by atoms with Gasteiger partial charge >= 0.3 is 0 Å². The van der Waals surface area contributed by atoms with Crippen LogP contribution in [0.2, 0.25) is 0 Å². The molecule has 0 N–H and O–H groups in total. The number of nitrogens with zero attached hydrogens (tertiary/aromatic N) is 2. The van der Waals surface area contributed by atoms with Crippen molar-refractivity contribution < 1.29 is 4.79 Å². The van der Waals surface area contributed by atoms with E-state index in [-0.39, 0.29) is 17.0 Å². The monoisotopic (exact) mass is 252 g/mol. The largest absolute Gasteiger partial charge is 0.337 e. The summed E-state index contributed by atoms with van der Waals surface area (Å²) in [6.45, 7) is 16.2. The van der Waals surface area contributed by atoms with Crippen LogP contribution < -0.4 is 0 Å². The predicted octanol–water partition coefficient (Wildman–Crippen LogP) is 2.36. The molecule has 0 aliphatic carbocycles. The number of carbonyl (C=O) groups excluding carboxylic acids is 1. The zero-order valence-corrected chi connectivity index (χ0v) is 12.8. The van der Waals surface area contributed by atoms with Crippen LogP contribution in [0.3, 0.4) is 0 Å². The summed E-state index contributed by atoms with van der Waals surface area (Å²) < 4.78 is 0. The maximum Gasteiger partial charge on any atom is 0.227 e. The molecular formula is C15H28N2O. The minimum atomic E-state index is -0.0268. The Bertz CT molecular complexity index is 337. The molecule has 0 aromatic rings. The minimum absolute atomic E-state index is 0.0268. The second kappa shape index (κ2) is 4.22. The van der Waals surface area contributed by atoms with E-state index >= 15 is 0 Å². The van der Waals surface area contributed by atoms with Crippen LogP contribution in [-0.4, -0.2) is 46.4 Å². The summed E-state index contributed by atoms with van der Waals surface area (Å²) in [5.41, 5.74) is 0.154. The highest BCUT2D eigenvalue weighted by molar-refractivity contribution is 5.82. The molecule has 104 valence electrons. The molecule has 0 saturated carbocycles. The summed E-state index contributed by atoms with van der Waals surface area (Å²) >= 11 is 0. The molecule has 2 atom stereocenters. The van der Waals surface area contributed by atoms with Gasteiger partial charge in [0.1, 0.15) is 0 Å². The van der Waals surface area contributed by atoms with Gasteiger partial charge in [-0.15, -0.1) is 0 Å². The smallest absolute Gasteiger partial charge is 0.227 e. The lowest BCUT2D eigenvalue weighted by Gasteiger charge is -2.42. The van der Waals surface area contributed by atoms with Crippen molar-refractivity contribution >= 4 is 5.91 Å². The van der Waals surface area contributed by atoms with E-state index in [1.54, 1.807) is 0 Å². The zero-order valence-electron chi connectivity index (χ0n) is 12.8. The Morgan fingerprint density at radius 3 is 2.11 bits per heavy atom. The molecule has 0 spiro atoms. The molecule has 2 aliphatic rings. The molecule has 18 heavy (non-hydrogen) atoms. The topological polar surface area (TPSA) is 23.6 Å². The SMILES string of the molecule is CC(C)(C)N1CCC2CN(C(C)(C)C)C(=O)C2C1. The maximum atomic E-state index is 12.6. The van der Waals surface area contributed by atoms with Gasteiger partial charge in [-0.05, 0) is 60.4 Å². The van der Waals surface area contributed by atoms with Crippen molar-refractivity contribution in [2.24, 2.45) is 11.8 Å². The summed E-state index contributed by atoms with van der Waals surface area (Å²) in [4.78, 5) is 17.1. The number of likely N-dealkylation sites (tertiary alicyclic amines) is 2. The first-order valence-corrected chi connectivity index (χ1v) is 7.17. The van der Waals surface area contributed by atoms with Gasteiger partial charge in [0.05, 0.1) is 5.92 Å². The lowest BCUT2D eigenvalue weighted by atomic mass is 9.86. The average Bonchev–Trinajstić information content (AvgIpc) is 2.54. The van der Waals surface area contributed by atoms with E-state index in [1.165, 1.54) is 6.42 Å². The Morgan fingerprint density at radius 2 is 1.61 bits per heavy atom. The number of amides is 1. The number of fused-ring (bicyclic) bond motifs is 1.